The Balaban J connectivity index is 1.83. The van der Waals surface area contributed by atoms with E-state index in [0.717, 1.165) is 0 Å². The van der Waals surface area contributed by atoms with Crippen LogP contribution in [-0.2, 0) is 6.61 Å². The summed E-state index contributed by atoms with van der Waals surface area (Å²) in [5, 5.41) is 7.64. The third-order valence-corrected chi connectivity index (χ3v) is 2.59. The lowest BCUT2D eigenvalue weighted by atomic mass is 10.3. The number of ether oxygens (including phenoxy) is 1. The van der Waals surface area contributed by atoms with Gasteiger partial charge in [-0.1, -0.05) is 17.3 Å². The molecule has 0 saturated heterocycles. The van der Waals surface area contributed by atoms with Gasteiger partial charge in [0.2, 0.25) is 0 Å². The van der Waals surface area contributed by atoms with Gasteiger partial charge in [0.25, 0.3) is 0 Å². The highest BCUT2D eigenvalue weighted by molar-refractivity contribution is 5.33. The van der Waals surface area contributed by atoms with Crippen LogP contribution in [0.2, 0.25) is 0 Å². The summed E-state index contributed by atoms with van der Waals surface area (Å²) >= 11 is 0. The molecule has 0 aliphatic carbocycles. The molecule has 6 nitrogen and oxygen atoms in total. The van der Waals surface area contributed by atoms with Gasteiger partial charge >= 0.3 is 6.01 Å². The first-order valence-electron chi connectivity index (χ1n) is 5.89. The molecule has 0 spiro atoms. The van der Waals surface area contributed by atoms with Crippen LogP contribution in [0.1, 0.15) is 5.69 Å². The third-order valence-electron chi connectivity index (χ3n) is 2.59. The van der Waals surface area contributed by atoms with Gasteiger partial charge < -0.3 is 4.74 Å². The van der Waals surface area contributed by atoms with Gasteiger partial charge in [-0.25, -0.2) is 19.0 Å². The number of rotatable bonds is 4. The molecule has 0 aliphatic heterocycles. The molecule has 100 valence electrons. The van der Waals surface area contributed by atoms with Gasteiger partial charge in [0.1, 0.15) is 23.8 Å². The van der Waals surface area contributed by atoms with E-state index in [1.165, 1.54) is 16.9 Å². The SMILES string of the molecule is Fc1ccccc1-n1nncc1COc1ncccn1. The van der Waals surface area contributed by atoms with Crippen LogP contribution in [0, 0.1) is 5.82 Å². The number of para-hydroxylation sites is 1. The normalized spacial score (nSPS) is 10.4. The van der Waals surface area contributed by atoms with E-state index in [1.807, 2.05) is 0 Å². The molecule has 0 N–H and O–H groups in total. The van der Waals surface area contributed by atoms with Gasteiger partial charge in [-0.05, 0) is 18.2 Å². The maximum Gasteiger partial charge on any atom is 0.316 e. The summed E-state index contributed by atoms with van der Waals surface area (Å²) in [6, 6.07) is 8.26. The van der Waals surface area contributed by atoms with Crippen LogP contribution in [0.4, 0.5) is 4.39 Å². The second kappa shape index (κ2) is 5.43. The zero-order chi connectivity index (χ0) is 13.8. The van der Waals surface area contributed by atoms with Gasteiger partial charge in [-0.3, -0.25) is 0 Å². The molecule has 3 rings (SSSR count). The Morgan fingerprint density at radius 1 is 1.10 bits per heavy atom. The molecule has 0 amide bonds. The maximum absolute atomic E-state index is 13.7. The maximum atomic E-state index is 13.7. The molecule has 2 aromatic heterocycles. The third kappa shape index (κ3) is 2.46. The van der Waals surface area contributed by atoms with Crippen molar-refractivity contribution in [3.8, 4) is 11.7 Å². The minimum absolute atomic E-state index is 0.144. The number of hydrogen-bond donors (Lipinski definition) is 0. The van der Waals surface area contributed by atoms with Gasteiger partial charge in [0.05, 0.1) is 6.20 Å². The van der Waals surface area contributed by atoms with Crippen molar-refractivity contribution in [2.75, 3.05) is 0 Å². The fraction of sp³-hybridized carbons (Fsp3) is 0.0769. The van der Waals surface area contributed by atoms with E-state index in [2.05, 4.69) is 20.3 Å². The first kappa shape index (κ1) is 12.2. The highest BCUT2D eigenvalue weighted by atomic mass is 19.1. The van der Waals surface area contributed by atoms with E-state index < -0.39 is 0 Å². The molecular formula is C13H10FN5O. The Bertz CT molecular complexity index is 701. The second-order valence-electron chi connectivity index (χ2n) is 3.91. The zero-order valence-corrected chi connectivity index (χ0v) is 10.3. The number of aromatic nitrogens is 5. The largest absolute Gasteiger partial charge is 0.457 e. The molecule has 0 aliphatic rings. The van der Waals surface area contributed by atoms with E-state index in [1.54, 1.807) is 36.7 Å². The van der Waals surface area contributed by atoms with Crippen molar-refractivity contribution >= 4 is 0 Å². The highest BCUT2D eigenvalue weighted by Crippen LogP contribution is 2.14. The molecule has 0 atom stereocenters. The van der Waals surface area contributed by atoms with Crippen LogP contribution in [0.15, 0.2) is 48.9 Å². The van der Waals surface area contributed by atoms with Crippen molar-refractivity contribution in [3.63, 3.8) is 0 Å². The van der Waals surface area contributed by atoms with Crippen molar-refractivity contribution in [2.24, 2.45) is 0 Å². The van der Waals surface area contributed by atoms with Crippen LogP contribution >= 0.6 is 0 Å². The average Bonchev–Trinajstić information content (AvgIpc) is 2.95. The van der Waals surface area contributed by atoms with Crippen LogP contribution in [0.25, 0.3) is 5.69 Å². The summed E-state index contributed by atoms with van der Waals surface area (Å²) in [4.78, 5) is 7.88. The van der Waals surface area contributed by atoms with Crippen LogP contribution in [0.3, 0.4) is 0 Å². The molecule has 0 fully saturated rings. The minimum atomic E-state index is -0.379. The van der Waals surface area contributed by atoms with E-state index in [0.29, 0.717) is 11.4 Å². The zero-order valence-electron chi connectivity index (χ0n) is 10.3. The van der Waals surface area contributed by atoms with E-state index >= 15 is 0 Å². The Labute approximate surface area is 113 Å². The summed E-state index contributed by atoms with van der Waals surface area (Å²) in [6.07, 6.45) is 4.67. The standard InChI is InChI=1S/C13H10FN5O/c14-11-4-1-2-5-12(11)19-10(8-17-18-19)9-20-13-15-6-3-7-16-13/h1-8H,9H2. The van der Waals surface area contributed by atoms with Crippen molar-refractivity contribution < 1.29 is 9.13 Å². The Hall–Kier alpha value is -2.83. The number of halogens is 1. The van der Waals surface area contributed by atoms with E-state index in [4.69, 9.17) is 4.74 Å². The highest BCUT2D eigenvalue weighted by Gasteiger charge is 2.11. The Morgan fingerprint density at radius 2 is 1.90 bits per heavy atom. The molecule has 20 heavy (non-hydrogen) atoms. The monoisotopic (exact) mass is 271 g/mol. The average molecular weight is 271 g/mol. The lowest BCUT2D eigenvalue weighted by Gasteiger charge is -2.07. The molecule has 1 aromatic carbocycles. The molecular weight excluding hydrogens is 261 g/mol. The van der Waals surface area contributed by atoms with E-state index in [-0.39, 0.29) is 18.4 Å². The first-order valence-corrected chi connectivity index (χ1v) is 5.89. The molecule has 0 radical (unpaired) electrons. The summed E-state index contributed by atoms with van der Waals surface area (Å²) in [5.74, 6) is -0.379. The van der Waals surface area contributed by atoms with Crippen molar-refractivity contribution in [1.82, 2.24) is 25.0 Å². The lowest BCUT2D eigenvalue weighted by Crippen LogP contribution is -2.08. The molecule has 3 aromatic rings. The summed E-state index contributed by atoms with van der Waals surface area (Å²) in [7, 11) is 0. The number of hydrogen-bond acceptors (Lipinski definition) is 5. The molecule has 0 bridgehead atoms. The molecule has 2 heterocycles. The molecule has 0 saturated carbocycles. The smallest absolute Gasteiger partial charge is 0.316 e. The lowest BCUT2D eigenvalue weighted by molar-refractivity contribution is 0.273. The summed E-state index contributed by atoms with van der Waals surface area (Å²) < 4.78 is 20.5. The molecule has 7 heteroatoms. The quantitative estimate of drug-likeness (QED) is 0.723. The number of nitrogens with zero attached hydrogens (tertiary/aromatic N) is 5. The van der Waals surface area contributed by atoms with Crippen LogP contribution < -0.4 is 4.74 Å². The van der Waals surface area contributed by atoms with Crippen LogP contribution in [-0.4, -0.2) is 25.0 Å². The van der Waals surface area contributed by atoms with Gasteiger partial charge in [0.15, 0.2) is 0 Å². The Morgan fingerprint density at radius 3 is 2.70 bits per heavy atom. The van der Waals surface area contributed by atoms with Crippen LogP contribution in [0.5, 0.6) is 6.01 Å². The minimum Gasteiger partial charge on any atom is -0.457 e. The van der Waals surface area contributed by atoms with Crippen molar-refractivity contribution in [3.05, 3.63) is 60.4 Å². The van der Waals surface area contributed by atoms with E-state index in [9.17, 15) is 4.39 Å². The summed E-state index contributed by atoms with van der Waals surface area (Å²) in [5.41, 5.74) is 0.917. The van der Waals surface area contributed by atoms with Crippen molar-refractivity contribution in [1.29, 1.82) is 0 Å². The second-order valence-corrected chi connectivity index (χ2v) is 3.91. The predicted molar refractivity (Wildman–Crippen MR) is 67.7 cm³/mol. The van der Waals surface area contributed by atoms with Gasteiger partial charge in [-0.2, -0.15) is 0 Å². The first-order chi connectivity index (χ1) is 9.84. The van der Waals surface area contributed by atoms with Crippen molar-refractivity contribution in [2.45, 2.75) is 6.61 Å². The predicted octanol–water partition coefficient (Wildman–Crippen LogP) is 1.78. The fourth-order valence-corrected chi connectivity index (χ4v) is 1.68. The van der Waals surface area contributed by atoms with Gasteiger partial charge in [0, 0.05) is 12.4 Å². The topological polar surface area (TPSA) is 65.7 Å². The van der Waals surface area contributed by atoms with Gasteiger partial charge in [-0.15, -0.1) is 5.10 Å². The number of benzene rings is 1. The summed E-state index contributed by atoms with van der Waals surface area (Å²) in [6.45, 7) is 0.144. The fourth-order valence-electron chi connectivity index (χ4n) is 1.68. The molecule has 0 unspecified atom stereocenters. The Kier molecular flexibility index (Phi) is 3.32.